The van der Waals surface area contributed by atoms with Crippen molar-refractivity contribution in [3.63, 3.8) is 0 Å². The lowest BCUT2D eigenvalue weighted by atomic mass is 10.1. The Morgan fingerprint density at radius 1 is 1.16 bits per heavy atom. The molecule has 3 N–H and O–H groups in total. The molecule has 164 valence electrons. The molecule has 2 aromatic heterocycles. The molecule has 0 bridgehead atoms. The number of H-pyrrole nitrogens is 1. The third-order valence-corrected chi connectivity index (χ3v) is 4.92. The van der Waals surface area contributed by atoms with Gasteiger partial charge in [0.1, 0.15) is 18.5 Å². The van der Waals surface area contributed by atoms with Crippen molar-refractivity contribution in [3.8, 4) is 0 Å². The molecule has 3 aromatic rings. The fourth-order valence-corrected chi connectivity index (χ4v) is 3.32. The topological polar surface area (TPSA) is 132 Å². The molecule has 2 heterocycles. The lowest BCUT2D eigenvalue weighted by molar-refractivity contribution is 0.0986. The number of anilines is 2. The number of amides is 1. The third-order valence-electron chi connectivity index (χ3n) is 4.92. The Bertz CT molecular complexity index is 1130. The average molecular weight is 425 g/mol. The van der Waals surface area contributed by atoms with Gasteiger partial charge < -0.3 is 10.6 Å². The molecule has 1 aromatic carbocycles. The number of hydrogen-bond donors (Lipinski definition) is 2. The fourth-order valence-electron chi connectivity index (χ4n) is 3.32. The zero-order chi connectivity index (χ0) is 22.4. The van der Waals surface area contributed by atoms with Gasteiger partial charge in [-0.15, -0.1) is 0 Å². The molecule has 0 saturated carbocycles. The van der Waals surface area contributed by atoms with Crippen molar-refractivity contribution in [2.24, 2.45) is 0 Å². The van der Waals surface area contributed by atoms with Gasteiger partial charge in [-0.2, -0.15) is 5.10 Å². The summed E-state index contributed by atoms with van der Waals surface area (Å²) >= 11 is 0. The number of nitrogens with two attached hydrogens (primary N) is 1. The van der Waals surface area contributed by atoms with Crippen molar-refractivity contribution >= 4 is 17.4 Å². The second-order valence-electron chi connectivity index (χ2n) is 7.25. The molecule has 10 nitrogen and oxygen atoms in total. The van der Waals surface area contributed by atoms with Gasteiger partial charge in [0.15, 0.2) is 5.69 Å². The summed E-state index contributed by atoms with van der Waals surface area (Å²) in [5.74, 6) is -0.345. The molecule has 0 aliphatic rings. The van der Waals surface area contributed by atoms with Gasteiger partial charge in [-0.05, 0) is 30.5 Å². The molecular formula is C21H27N7O3. The van der Waals surface area contributed by atoms with Crippen molar-refractivity contribution in [2.45, 2.75) is 46.2 Å². The number of unbranched alkanes of at least 4 members (excludes halogenated alkanes) is 1. The first-order chi connectivity index (χ1) is 15.0. The highest BCUT2D eigenvalue weighted by molar-refractivity contribution is 6.07. The van der Waals surface area contributed by atoms with Crippen LogP contribution in [0.15, 0.2) is 46.5 Å². The summed E-state index contributed by atoms with van der Waals surface area (Å²) in [5, 5.41) is 4.07. The van der Waals surface area contributed by atoms with Crippen LogP contribution in [0.25, 0.3) is 0 Å². The number of carbonyl (C=O) groups is 1. The molecule has 10 heteroatoms. The smallest absolute Gasteiger partial charge is 0.330 e. The minimum Gasteiger partial charge on any atom is -0.383 e. The van der Waals surface area contributed by atoms with Crippen LogP contribution >= 0.6 is 0 Å². The lowest BCUT2D eigenvalue weighted by Gasteiger charge is -2.24. The molecule has 0 atom stereocenters. The molecule has 0 spiro atoms. The molecule has 0 aliphatic carbocycles. The number of rotatable bonds is 9. The summed E-state index contributed by atoms with van der Waals surface area (Å²) in [4.78, 5) is 45.7. The predicted octanol–water partition coefficient (Wildman–Crippen LogP) is 1.62. The van der Waals surface area contributed by atoms with Crippen LogP contribution in [0.1, 0.15) is 49.0 Å². The number of nitrogens with zero attached hydrogens (tertiary/aromatic N) is 5. The van der Waals surface area contributed by atoms with Crippen molar-refractivity contribution in [3.05, 3.63) is 68.9 Å². The highest BCUT2D eigenvalue weighted by atomic mass is 16.2. The monoisotopic (exact) mass is 425 g/mol. The molecule has 0 radical (unpaired) electrons. The standard InChI is InChI=1S/C21H27N7O3/c1-3-5-11-27(17-18(22)28(10-4-2)21(31)25-19(17)29)20(30)16-8-6-15(7-9-16)12-26-14-23-13-24-26/h6-9,13-14H,3-5,10-12,22H2,1-2H3,(H,25,29,31). The Morgan fingerprint density at radius 3 is 2.52 bits per heavy atom. The van der Waals surface area contributed by atoms with Crippen molar-refractivity contribution in [1.82, 2.24) is 24.3 Å². The number of hydrogen-bond acceptors (Lipinski definition) is 6. The Labute approximate surface area is 179 Å². The summed E-state index contributed by atoms with van der Waals surface area (Å²) in [6.45, 7) is 5.09. The summed E-state index contributed by atoms with van der Waals surface area (Å²) in [6.07, 6.45) is 5.25. The van der Waals surface area contributed by atoms with Gasteiger partial charge in [-0.3, -0.25) is 19.1 Å². The second kappa shape index (κ2) is 9.88. The van der Waals surface area contributed by atoms with Crippen LogP contribution in [0.2, 0.25) is 0 Å². The molecule has 0 saturated heterocycles. The van der Waals surface area contributed by atoms with Gasteiger partial charge in [0.2, 0.25) is 0 Å². The van der Waals surface area contributed by atoms with Crippen molar-refractivity contribution in [1.29, 1.82) is 0 Å². The van der Waals surface area contributed by atoms with E-state index in [0.29, 0.717) is 38.0 Å². The summed E-state index contributed by atoms with van der Waals surface area (Å²) < 4.78 is 2.98. The first kappa shape index (κ1) is 22.0. The highest BCUT2D eigenvalue weighted by Crippen LogP contribution is 2.21. The average Bonchev–Trinajstić information content (AvgIpc) is 3.26. The molecule has 31 heavy (non-hydrogen) atoms. The number of nitrogen functional groups attached to an aromatic ring is 1. The number of nitrogens with one attached hydrogen (secondary N) is 1. The van der Waals surface area contributed by atoms with Crippen molar-refractivity contribution < 1.29 is 4.79 Å². The Balaban J connectivity index is 1.96. The normalized spacial score (nSPS) is 10.9. The van der Waals surface area contributed by atoms with Crippen LogP contribution in [0.5, 0.6) is 0 Å². The van der Waals surface area contributed by atoms with Crippen LogP contribution in [0.4, 0.5) is 11.5 Å². The maximum absolute atomic E-state index is 13.3. The predicted molar refractivity (Wildman–Crippen MR) is 118 cm³/mol. The van der Waals surface area contributed by atoms with Crippen LogP contribution in [-0.4, -0.2) is 36.8 Å². The van der Waals surface area contributed by atoms with E-state index in [1.807, 2.05) is 26.0 Å². The summed E-state index contributed by atoms with van der Waals surface area (Å²) in [7, 11) is 0. The van der Waals surface area contributed by atoms with E-state index in [1.54, 1.807) is 23.1 Å². The van der Waals surface area contributed by atoms with Crippen LogP contribution in [0, 0.1) is 0 Å². The Hall–Kier alpha value is -3.69. The van der Waals surface area contributed by atoms with Gasteiger partial charge >= 0.3 is 5.69 Å². The number of aromatic amines is 1. The Kier molecular flexibility index (Phi) is 7.01. The summed E-state index contributed by atoms with van der Waals surface area (Å²) in [6, 6.07) is 7.08. The van der Waals surface area contributed by atoms with Crippen LogP contribution < -0.4 is 21.9 Å². The van der Waals surface area contributed by atoms with Gasteiger partial charge in [0.05, 0.1) is 6.54 Å². The van der Waals surface area contributed by atoms with E-state index >= 15 is 0 Å². The number of benzene rings is 1. The van der Waals surface area contributed by atoms with Gasteiger partial charge in [0.25, 0.3) is 11.5 Å². The summed E-state index contributed by atoms with van der Waals surface area (Å²) in [5.41, 5.74) is 6.34. The van der Waals surface area contributed by atoms with Gasteiger partial charge in [0, 0.05) is 18.7 Å². The zero-order valence-corrected chi connectivity index (χ0v) is 17.7. The molecule has 0 fully saturated rings. The van der Waals surface area contributed by atoms with E-state index < -0.39 is 11.2 Å². The molecule has 0 aliphatic heterocycles. The van der Waals surface area contributed by atoms with E-state index in [1.165, 1.54) is 15.8 Å². The zero-order valence-electron chi connectivity index (χ0n) is 17.7. The molecule has 1 amide bonds. The van der Waals surface area contributed by atoms with E-state index in [9.17, 15) is 14.4 Å². The Morgan fingerprint density at radius 2 is 1.90 bits per heavy atom. The van der Waals surface area contributed by atoms with E-state index in [4.69, 9.17) is 5.73 Å². The van der Waals surface area contributed by atoms with Crippen LogP contribution in [-0.2, 0) is 13.1 Å². The van der Waals surface area contributed by atoms with Crippen molar-refractivity contribution in [2.75, 3.05) is 17.2 Å². The number of aromatic nitrogens is 5. The third kappa shape index (κ3) is 4.90. The van der Waals surface area contributed by atoms with Gasteiger partial charge in [-0.25, -0.2) is 14.5 Å². The first-order valence-corrected chi connectivity index (χ1v) is 10.3. The minimum absolute atomic E-state index is 0.00264. The minimum atomic E-state index is -0.665. The SMILES string of the molecule is CCCCN(C(=O)c1ccc(Cn2cncn2)cc1)c1c(N)n(CCC)c(=O)[nH]c1=O. The molecule has 0 unspecified atom stereocenters. The lowest BCUT2D eigenvalue weighted by Crippen LogP contribution is -2.41. The number of carbonyl (C=O) groups excluding carboxylic acids is 1. The van der Waals surface area contributed by atoms with Crippen LogP contribution in [0.3, 0.4) is 0 Å². The molecular weight excluding hydrogens is 398 g/mol. The van der Waals surface area contributed by atoms with E-state index in [2.05, 4.69) is 15.1 Å². The quantitative estimate of drug-likeness (QED) is 0.535. The maximum atomic E-state index is 13.3. The maximum Gasteiger partial charge on any atom is 0.330 e. The van der Waals surface area contributed by atoms with E-state index in [0.717, 1.165) is 12.0 Å². The molecule has 3 rings (SSSR count). The van der Waals surface area contributed by atoms with E-state index in [-0.39, 0.29) is 17.4 Å². The first-order valence-electron chi connectivity index (χ1n) is 10.3. The highest BCUT2D eigenvalue weighted by Gasteiger charge is 2.24. The van der Waals surface area contributed by atoms with Gasteiger partial charge in [-0.1, -0.05) is 32.4 Å². The second-order valence-corrected chi connectivity index (χ2v) is 7.25. The fraction of sp³-hybridized carbons (Fsp3) is 0.381. The largest absolute Gasteiger partial charge is 0.383 e.